The van der Waals surface area contributed by atoms with Gasteiger partial charge in [-0.3, -0.25) is 9.89 Å². The number of aromatic amines is 1. The van der Waals surface area contributed by atoms with Gasteiger partial charge in [0.2, 0.25) is 0 Å². The predicted octanol–water partition coefficient (Wildman–Crippen LogP) is 5.28. The third-order valence-corrected chi connectivity index (χ3v) is 4.57. The van der Waals surface area contributed by atoms with Crippen molar-refractivity contribution in [1.29, 1.82) is 0 Å². The first-order valence-electron chi connectivity index (χ1n) is 9.63. The molecule has 0 saturated heterocycles. The minimum Gasteiger partial charge on any atom is -0.406 e. The summed E-state index contributed by atoms with van der Waals surface area (Å²) in [6.45, 7) is 0.184. The number of nitrogens with one attached hydrogen (secondary N) is 2. The van der Waals surface area contributed by atoms with E-state index >= 15 is 0 Å². The van der Waals surface area contributed by atoms with E-state index in [0.717, 1.165) is 5.56 Å². The molecule has 3 aromatic carbocycles. The molecule has 164 valence electrons. The standard InChI is InChI=1S/C23H18F3N3O3/c24-23(25,26)32-18-8-4-7-16(11-18)17-9-10-19-20(12-17)28-29-22(19)27-21(30)14-31-13-15-5-2-1-3-6-15/h1-12H,13-14H2,(H2,27,28,29,30). The molecule has 0 spiro atoms. The molecular weight excluding hydrogens is 423 g/mol. The number of carbonyl (C=O) groups is 1. The second kappa shape index (κ2) is 9.11. The number of hydrogen-bond acceptors (Lipinski definition) is 4. The molecule has 0 atom stereocenters. The Kier molecular flexibility index (Phi) is 6.09. The van der Waals surface area contributed by atoms with Gasteiger partial charge in [0.1, 0.15) is 12.4 Å². The summed E-state index contributed by atoms with van der Waals surface area (Å²) in [5, 5.41) is 10.3. The first-order chi connectivity index (χ1) is 15.4. The second-order valence-electron chi connectivity index (χ2n) is 6.93. The van der Waals surface area contributed by atoms with Gasteiger partial charge in [-0.2, -0.15) is 5.10 Å². The number of rotatable bonds is 7. The molecule has 0 bridgehead atoms. The topological polar surface area (TPSA) is 76.2 Å². The lowest BCUT2D eigenvalue weighted by atomic mass is 10.0. The van der Waals surface area contributed by atoms with E-state index in [1.165, 1.54) is 18.2 Å². The van der Waals surface area contributed by atoms with E-state index in [1.54, 1.807) is 24.3 Å². The quantitative estimate of drug-likeness (QED) is 0.409. The number of amides is 1. The molecule has 32 heavy (non-hydrogen) atoms. The van der Waals surface area contributed by atoms with Crippen LogP contribution in [-0.2, 0) is 16.1 Å². The Hall–Kier alpha value is -3.85. The zero-order valence-corrected chi connectivity index (χ0v) is 16.6. The average molecular weight is 441 g/mol. The first kappa shape index (κ1) is 21.4. The summed E-state index contributed by atoms with van der Waals surface area (Å²) in [5.74, 6) is -0.312. The summed E-state index contributed by atoms with van der Waals surface area (Å²) in [7, 11) is 0. The second-order valence-corrected chi connectivity index (χ2v) is 6.93. The van der Waals surface area contributed by atoms with Crippen LogP contribution in [0.5, 0.6) is 5.75 Å². The van der Waals surface area contributed by atoms with Gasteiger partial charge >= 0.3 is 6.36 Å². The number of hydrogen-bond donors (Lipinski definition) is 2. The average Bonchev–Trinajstić information content (AvgIpc) is 3.15. The number of benzene rings is 3. The smallest absolute Gasteiger partial charge is 0.406 e. The normalized spacial score (nSPS) is 11.5. The minimum absolute atomic E-state index is 0.132. The van der Waals surface area contributed by atoms with Crippen molar-refractivity contribution in [2.75, 3.05) is 11.9 Å². The van der Waals surface area contributed by atoms with Gasteiger partial charge in [-0.1, -0.05) is 48.5 Å². The van der Waals surface area contributed by atoms with Crippen molar-refractivity contribution >= 4 is 22.6 Å². The molecule has 0 fully saturated rings. The van der Waals surface area contributed by atoms with Crippen LogP contribution >= 0.6 is 0 Å². The van der Waals surface area contributed by atoms with Crippen LogP contribution in [0.25, 0.3) is 22.0 Å². The lowest BCUT2D eigenvalue weighted by Gasteiger charge is -2.10. The number of ether oxygens (including phenoxy) is 2. The van der Waals surface area contributed by atoms with E-state index in [-0.39, 0.29) is 18.3 Å². The lowest BCUT2D eigenvalue weighted by molar-refractivity contribution is -0.274. The number of aromatic nitrogens is 2. The highest BCUT2D eigenvalue weighted by Gasteiger charge is 2.31. The van der Waals surface area contributed by atoms with Crippen LogP contribution < -0.4 is 10.1 Å². The van der Waals surface area contributed by atoms with Crippen LogP contribution in [0.1, 0.15) is 5.56 Å². The van der Waals surface area contributed by atoms with Gasteiger partial charge in [-0.05, 0) is 41.0 Å². The van der Waals surface area contributed by atoms with Gasteiger partial charge in [-0.25, -0.2) is 0 Å². The largest absolute Gasteiger partial charge is 0.573 e. The van der Waals surface area contributed by atoms with E-state index < -0.39 is 6.36 Å². The van der Waals surface area contributed by atoms with Crippen molar-refractivity contribution in [1.82, 2.24) is 10.2 Å². The minimum atomic E-state index is -4.76. The third kappa shape index (κ3) is 5.44. The SMILES string of the molecule is O=C(COCc1ccccc1)Nc1n[nH]c2cc(-c3cccc(OC(F)(F)F)c3)ccc12. The molecule has 1 amide bonds. The van der Waals surface area contributed by atoms with E-state index in [2.05, 4.69) is 20.3 Å². The number of fused-ring (bicyclic) bond motifs is 1. The van der Waals surface area contributed by atoms with Crippen molar-refractivity contribution in [3.05, 3.63) is 78.4 Å². The molecule has 1 heterocycles. The molecule has 0 radical (unpaired) electrons. The zero-order valence-electron chi connectivity index (χ0n) is 16.6. The number of nitrogens with zero attached hydrogens (tertiary/aromatic N) is 1. The van der Waals surface area contributed by atoms with Crippen molar-refractivity contribution in [3.8, 4) is 16.9 Å². The van der Waals surface area contributed by atoms with E-state index in [9.17, 15) is 18.0 Å². The fourth-order valence-electron chi connectivity index (χ4n) is 3.17. The highest BCUT2D eigenvalue weighted by atomic mass is 19.4. The summed E-state index contributed by atoms with van der Waals surface area (Å²) < 4.78 is 46.8. The van der Waals surface area contributed by atoms with Gasteiger partial charge in [0, 0.05) is 5.39 Å². The molecule has 0 unspecified atom stereocenters. The van der Waals surface area contributed by atoms with Gasteiger partial charge in [0.25, 0.3) is 5.91 Å². The van der Waals surface area contributed by atoms with Crippen molar-refractivity contribution < 1.29 is 27.4 Å². The maximum absolute atomic E-state index is 12.5. The van der Waals surface area contributed by atoms with Gasteiger partial charge in [0.05, 0.1) is 12.1 Å². The number of halogens is 3. The summed E-state index contributed by atoms with van der Waals surface area (Å²) in [6.07, 6.45) is -4.76. The fraction of sp³-hybridized carbons (Fsp3) is 0.130. The maximum atomic E-state index is 12.5. The van der Waals surface area contributed by atoms with Crippen molar-refractivity contribution in [2.24, 2.45) is 0 Å². The molecule has 1 aromatic heterocycles. The Morgan fingerprint density at radius 2 is 1.75 bits per heavy atom. The number of anilines is 1. The molecule has 9 heteroatoms. The monoisotopic (exact) mass is 441 g/mol. The van der Waals surface area contributed by atoms with Crippen LogP contribution in [0.4, 0.5) is 19.0 Å². The Morgan fingerprint density at radius 3 is 2.53 bits per heavy atom. The molecule has 0 aliphatic heterocycles. The fourth-order valence-corrected chi connectivity index (χ4v) is 3.17. The van der Waals surface area contributed by atoms with Crippen LogP contribution in [0, 0.1) is 0 Å². The molecule has 0 aliphatic carbocycles. The molecule has 0 aliphatic rings. The van der Waals surface area contributed by atoms with Gasteiger partial charge in [0.15, 0.2) is 5.82 Å². The maximum Gasteiger partial charge on any atom is 0.573 e. The van der Waals surface area contributed by atoms with E-state index in [0.29, 0.717) is 34.5 Å². The van der Waals surface area contributed by atoms with E-state index in [4.69, 9.17) is 4.74 Å². The van der Waals surface area contributed by atoms with Crippen LogP contribution in [0.15, 0.2) is 72.8 Å². The summed E-state index contributed by atoms with van der Waals surface area (Å²) in [5.41, 5.74) is 2.79. The van der Waals surface area contributed by atoms with Crippen LogP contribution in [0.2, 0.25) is 0 Å². The highest BCUT2D eigenvalue weighted by Crippen LogP contribution is 2.30. The molecule has 4 aromatic rings. The van der Waals surface area contributed by atoms with Crippen molar-refractivity contribution in [2.45, 2.75) is 13.0 Å². The lowest BCUT2D eigenvalue weighted by Crippen LogP contribution is -2.18. The molecule has 4 rings (SSSR count). The molecular formula is C23H18F3N3O3. The highest BCUT2D eigenvalue weighted by molar-refractivity contribution is 6.01. The molecule has 2 N–H and O–H groups in total. The van der Waals surface area contributed by atoms with Crippen LogP contribution in [-0.4, -0.2) is 29.1 Å². The number of carbonyl (C=O) groups excluding carboxylic acids is 1. The van der Waals surface area contributed by atoms with Crippen molar-refractivity contribution in [3.63, 3.8) is 0 Å². The summed E-state index contributed by atoms with van der Waals surface area (Å²) in [6, 6.07) is 20.4. The summed E-state index contributed by atoms with van der Waals surface area (Å²) >= 11 is 0. The number of H-pyrrole nitrogens is 1. The van der Waals surface area contributed by atoms with E-state index in [1.807, 2.05) is 30.3 Å². The van der Waals surface area contributed by atoms with Gasteiger partial charge < -0.3 is 14.8 Å². The van der Waals surface area contributed by atoms with Crippen LogP contribution in [0.3, 0.4) is 0 Å². The Morgan fingerprint density at radius 1 is 0.969 bits per heavy atom. The Bertz CT molecular complexity index is 1220. The summed E-state index contributed by atoms with van der Waals surface area (Å²) in [4.78, 5) is 12.2. The Labute approximate surface area is 181 Å². The third-order valence-electron chi connectivity index (χ3n) is 4.57. The first-order valence-corrected chi connectivity index (χ1v) is 9.63. The van der Waals surface area contributed by atoms with Gasteiger partial charge in [-0.15, -0.1) is 13.2 Å². The molecule has 6 nitrogen and oxygen atoms in total. The number of alkyl halides is 3. The molecule has 0 saturated carbocycles. The predicted molar refractivity (Wildman–Crippen MR) is 113 cm³/mol. The Balaban J connectivity index is 1.43. The zero-order chi connectivity index (χ0) is 22.6.